The molecule has 0 aromatic carbocycles. The van der Waals surface area contributed by atoms with Crippen LogP contribution in [0.5, 0.6) is 0 Å². The molecule has 5 nitrogen and oxygen atoms in total. The fourth-order valence-electron chi connectivity index (χ4n) is 1.70. The van der Waals surface area contributed by atoms with Gasteiger partial charge in [0.1, 0.15) is 0 Å². The molecule has 1 saturated heterocycles. The second-order valence-corrected chi connectivity index (χ2v) is 5.60. The largest absolute Gasteiger partial charge is 0.313 e. The third-order valence-corrected chi connectivity index (χ3v) is 4.13. The lowest BCUT2D eigenvalue weighted by Crippen LogP contribution is -2.30. The van der Waals surface area contributed by atoms with E-state index in [0.717, 1.165) is 19.4 Å². The van der Waals surface area contributed by atoms with Gasteiger partial charge in [-0.1, -0.05) is 0 Å². The predicted octanol–water partition coefficient (Wildman–Crippen LogP) is 0.00230. The standard InChI is InChI=1S/C9H13N3O2S/c13-15(14,7-8-2-1-3-11-8)9-6-10-4-5-12-9/h4-6,8,11H,1-3,7H2. The molecule has 2 heterocycles. The van der Waals surface area contributed by atoms with Gasteiger partial charge < -0.3 is 5.32 Å². The van der Waals surface area contributed by atoms with E-state index in [2.05, 4.69) is 15.3 Å². The number of aromatic nitrogens is 2. The number of hydrogen-bond donors (Lipinski definition) is 1. The minimum atomic E-state index is -3.28. The average molecular weight is 227 g/mol. The summed E-state index contributed by atoms with van der Waals surface area (Å²) in [5.74, 6) is 0.117. The lowest BCUT2D eigenvalue weighted by atomic mass is 10.3. The average Bonchev–Trinajstić information content (AvgIpc) is 2.71. The molecule has 1 aromatic heterocycles. The van der Waals surface area contributed by atoms with Crippen LogP contribution in [0, 0.1) is 0 Å². The van der Waals surface area contributed by atoms with Crippen LogP contribution in [0.25, 0.3) is 0 Å². The summed E-state index contributed by atoms with van der Waals surface area (Å²) in [5.41, 5.74) is 0. The van der Waals surface area contributed by atoms with Crippen molar-refractivity contribution < 1.29 is 8.42 Å². The SMILES string of the molecule is O=S(=O)(CC1CCCN1)c1cnccn1. The molecule has 6 heteroatoms. The first kappa shape index (κ1) is 10.5. The smallest absolute Gasteiger partial charge is 0.198 e. The number of nitrogens with one attached hydrogen (secondary N) is 1. The monoisotopic (exact) mass is 227 g/mol. The quantitative estimate of drug-likeness (QED) is 0.787. The summed E-state index contributed by atoms with van der Waals surface area (Å²) in [4.78, 5) is 7.58. The highest BCUT2D eigenvalue weighted by Gasteiger charge is 2.24. The van der Waals surface area contributed by atoms with Crippen LogP contribution in [0.2, 0.25) is 0 Å². The van der Waals surface area contributed by atoms with Crippen molar-refractivity contribution in [1.29, 1.82) is 0 Å². The van der Waals surface area contributed by atoms with Gasteiger partial charge in [0.2, 0.25) is 0 Å². The van der Waals surface area contributed by atoms with E-state index in [1.54, 1.807) is 0 Å². The Morgan fingerprint density at radius 2 is 2.33 bits per heavy atom. The summed E-state index contributed by atoms with van der Waals surface area (Å²) in [6, 6.07) is 0.0667. The minimum Gasteiger partial charge on any atom is -0.313 e. The van der Waals surface area contributed by atoms with Crippen molar-refractivity contribution in [1.82, 2.24) is 15.3 Å². The third-order valence-electron chi connectivity index (χ3n) is 2.44. The van der Waals surface area contributed by atoms with Gasteiger partial charge in [0.25, 0.3) is 0 Å². The van der Waals surface area contributed by atoms with Gasteiger partial charge in [0.15, 0.2) is 14.9 Å². The molecule has 2 rings (SSSR count). The van der Waals surface area contributed by atoms with Gasteiger partial charge in [-0.2, -0.15) is 0 Å². The van der Waals surface area contributed by atoms with Crippen molar-refractivity contribution in [3.05, 3.63) is 18.6 Å². The van der Waals surface area contributed by atoms with Crippen LogP contribution in [0.1, 0.15) is 12.8 Å². The Kier molecular flexibility index (Phi) is 2.97. The van der Waals surface area contributed by atoms with Gasteiger partial charge >= 0.3 is 0 Å². The van der Waals surface area contributed by atoms with Crippen LogP contribution in [-0.4, -0.2) is 36.7 Å². The number of hydrogen-bond acceptors (Lipinski definition) is 5. The van der Waals surface area contributed by atoms with Gasteiger partial charge in [-0.05, 0) is 19.4 Å². The summed E-state index contributed by atoms with van der Waals surface area (Å²) < 4.78 is 23.7. The van der Waals surface area contributed by atoms with Crippen LogP contribution in [0.3, 0.4) is 0 Å². The van der Waals surface area contributed by atoms with Gasteiger partial charge in [-0.25, -0.2) is 13.4 Å². The molecule has 82 valence electrons. The normalized spacial score (nSPS) is 21.7. The van der Waals surface area contributed by atoms with E-state index in [-0.39, 0.29) is 16.8 Å². The highest BCUT2D eigenvalue weighted by atomic mass is 32.2. The van der Waals surface area contributed by atoms with E-state index in [0.29, 0.717) is 0 Å². The van der Waals surface area contributed by atoms with E-state index < -0.39 is 9.84 Å². The maximum absolute atomic E-state index is 11.8. The second kappa shape index (κ2) is 4.24. The molecule has 1 aliphatic heterocycles. The number of nitrogens with zero attached hydrogens (tertiary/aromatic N) is 2. The molecule has 0 radical (unpaired) electrons. The van der Waals surface area contributed by atoms with Gasteiger partial charge in [-0.15, -0.1) is 0 Å². The molecule has 0 aliphatic carbocycles. The molecule has 0 spiro atoms. The zero-order valence-electron chi connectivity index (χ0n) is 8.26. The van der Waals surface area contributed by atoms with Gasteiger partial charge in [0, 0.05) is 18.4 Å². The Morgan fingerprint density at radius 3 is 2.93 bits per heavy atom. The minimum absolute atomic E-state index is 0.0667. The molecular formula is C9H13N3O2S. The molecule has 1 fully saturated rings. The van der Waals surface area contributed by atoms with E-state index in [4.69, 9.17) is 0 Å². The molecule has 0 amide bonds. The van der Waals surface area contributed by atoms with Crippen molar-refractivity contribution in [2.75, 3.05) is 12.3 Å². The number of sulfone groups is 1. The van der Waals surface area contributed by atoms with Gasteiger partial charge in [-0.3, -0.25) is 4.98 Å². The van der Waals surface area contributed by atoms with Crippen LogP contribution in [0.4, 0.5) is 0 Å². The van der Waals surface area contributed by atoms with Crippen LogP contribution < -0.4 is 5.32 Å². The van der Waals surface area contributed by atoms with Crippen LogP contribution in [-0.2, 0) is 9.84 Å². The molecule has 0 bridgehead atoms. The van der Waals surface area contributed by atoms with Crippen molar-refractivity contribution in [2.24, 2.45) is 0 Å². The number of rotatable bonds is 3. The fraction of sp³-hybridized carbons (Fsp3) is 0.556. The molecule has 0 saturated carbocycles. The summed E-state index contributed by atoms with van der Waals surface area (Å²) in [6.07, 6.45) is 6.12. The Bertz CT molecular complexity index is 412. The molecule has 1 aromatic rings. The second-order valence-electron chi connectivity index (χ2n) is 3.62. The molecule has 1 unspecified atom stereocenters. The Morgan fingerprint density at radius 1 is 1.47 bits per heavy atom. The molecule has 1 aliphatic rings. The molecular weight excluding hydrogens is 214 g/mol. The zero-order valence-corrected chi connectivity index (χ0v) is 9.07. The first-order chi connectivity index (χ1) is 7.18. The lowest BCUT2D eigenvalue weighted by molar-refractivity contribution is 0.573. The van der Waals surface area contributed by atoms with Crippen molar-refractivity contribution in [2.45, 2.75) is 23.9 Å². The maximum atomic E-state index is 11.8. The predicted molar refractivity (Wildman–Crippen MR) is 55.1 cm³/mol. The van der Waals surface area contributed by atoms with Crippen molar-refractivity contribution >= 4 is 9.84 Å². The van der Waals surface area contributed by atoms with Crippen LogP contribution in [0.15, 0.2) is 23.6 Å². The topological polar surface area (TPSA) is 72.0 Å². The zero-order chi connectivity index (χ0) is 10.7. The molecule has 15 heavy (non-hydrogen) atoms. The Balaban J connectivity index is 2.13. The highest BCUT2D eigenvalue weighted by Crippen LogP contribution is 2.12. The third kappa shape index (κ3) is 2.51. The summed E-state index contributed by atoms with van der Waals surface area (Å²) >= 11 is 0. The van der Waals surface area contributed by atoms with Crippen LogP contribution >= 0.6 is 0 Å². The Labute approximate surface area is 88.9 Å². The Hall–Kier alpha value is -1.01. The van der Waals surface area contributed by atoms with Gasteiger partial charge in [0.05, 0.1) is 11.9 Å². The highest BCUT2D eigenvalue weighted by molar-refractivity contribution is 7.91. The van der Waals surface area contributed by atoms with E-state index >= 15 is 0 Å². The van der Waals surface area contributed by atoms with E-state index in [9.17, 15) is 8.42 Å². The van der Waals surface area contributed by atoms with E-state index in [1.165, 1.54) is 18.6 Å². The summed E-state index contributed by atoms with van der Waals surface area (Å²) in [6.45, 7) is 0.903. The first-order valence-corrected chi connectivity index (χ1v) is 6.56. The maximum Gasteiger partial charge on any atom is 0.198 e. The lowest BCUT2D eigenvalue weighted by Gasteiger charge is -2.09. The first-order valence-electron chi connectivity index (χ1n) is 4.91. The summed E-state index contributed by atoms with van der Waals surface area (Å²) in [7, 11) is -3.28. The molecule has 1 atom stereocenters. The van der Waals surface area contributed by atoms with Crippen molar-refractivity contribution in [3.8, 4) is 0 Å². The van der Waals surface area contributed by atoms with Crippen molar-refractivity contribution in [3.63, 3.8) is 0 Å². The summed E-state index contributed by atoms with van der Waals surface area (Å²) in [5, 5.41) is 3.22. The fourth-order valence-corrected chi connectivity index (χ4v) is 3.12. The van der Waals surface area contributed by atoms with E-state index in [1.807, 2.05) is 0 Å². The molecule has 1 N–H and O–H groups in total.